The number of carbonyl (C=O) groups excluding carboxylic acids is 1. The molecule has 0 saturated carbocycles. The van der Waals surface area contributed by atoms with E-state index in [4.69, 9.17) is 4.74 Å². The van der Waals surface area contributed by atoms with E-state index in [0.29, 0.717) is 17.7 Å². The molecule has 0 saturated heterocycles. The van der Waals surface area contributed by atoms with Crippen LogP contribution in [-0.4, -0.2) is 21.7 Å². The molecule has 1 aromatic heterocycles. The first-order valence-corrected chi connectivity index (χ1v) is 6.82. The maximum absolute atomic E-state index is 11.9. The van der Waals surface area contributed by atoms with Crippen molar-refractivity contribution in [2.75, 3.05) is 5.32 Å². The van der Waals surface area contributed by atoms with Crippen LogP contribution in [0.1, 0.15) is 51.8 Å². The van der Waals surface area contributed by atoms with E-state index < -0.39 is 11.7 Å². The van der Waals surface area contributed by atoms with Crippen molar-refractivity contribution < 1.29 is 9.53 Å². The normalized spacial score (nSPS) is 11.2. The molecule has 0 aliphatic carbocycles. The zero-order chi connectivity index (χ0) is 15.3. The van der Waals surface area contributed by atoms with Gasteiger partial charge in [0.05, 0.1) is 0 Å². The van der Waals surface area contributed by atoms with Crippen molar-refractivity contribution in [1.29, 1.82) is 0 Å². The number of amides is 1. The van der Waals surface area contributed by atoms with Gasteiger partial charge in [0.1, 0.15) is 5.60 Å². The number of aromatic amines is 1. The van der Waals surface area contributed by atoms with Crippen molar-refractivity contribution in [1.82, 2.24) is 9.97 Å². The van der Waals surface area contributed by atoms with E-state index in [1.807, 2.05) is 0 Å². The number of aryl methyl sites for hydroxylation is 1. The van der Waals surface area contributed by atoms with Gasteiger partial charge in [0.25, 0.3) is 5.56 Å². The number of nitrogens with zero attached hydrogens (tertiary/aromatic N) is 1. The molecule has 2 N–H and O–H groups in total. The van der Waals surface area contributed by atoms with Crippen molar-refractivity contribution >= 4 is 12.0 Å². The first-order valence-electron chi connectivity index (χ1n) is 6.82. The summed E-state index contributed by atoms with van der Waals surface area (Å²) >= 11 is 0. The minimum absolute atomic E-state index is 0.113. The van der Waals surface area contributed by atoms with Crippen LogP contribution in [0.25, 0.3) is 0 Å². The molecule has 0 atom stereocenters. The van der Waals surface area contributed by atoms with Gasteiger partial charge in [-0.05, 0) is 40.5 Å². The molecule has 0 spiro atoms. The molecule has 1 rings (SSSR count). The van der Waals surface area contributed by atoms with Gasteiger partial charge in [0.2, 0.25) is 5.95 Å². The van der Waals surface area contributed by atoms with Gasteiger partial charge in [0.15, 0.2) is 0 Å². The Bertz CT molecular complexity index is 529. The summed E-state index contributed by atoms with van der Waals surface area (Å²) in [6, 6.07) is 0. The second-order valence-corrected chi connectivity index (χ2v) is 5.71. The fourth-order valence-corrected chi connectivity index (χ4v) is 1.72. The number of unbranched alkanes of at least 4 members (excludes halogenated alkanes) is 1. The van der Waals surface area contributed by atoms with Crippen molar-refractivity contribution in [3.05, 3.63) is 21.6 Å². The Morgan fingerprint density at radius 2 is 2.05 bits per heavy atom. The molecule has 6 nitrogen and oxygen atoms in total. The van der Waals surface area contributed by atoms with E-state index in [0.717, 1.165) is 12.8 Å². The van der Waals surface area contributed by atoms with E-state index in [1.165, 1.54) is 0 Å². The van der Waals surface area contributed by atoms with Crippen molar-refractivity contribution in [2.45, 2.75) is 59.5 Å². The first-order chi connectivity index (χ1) is 9.23. The van der Waals surface area contributed by atoms with Crippen LogP contribution in [0.15, 0.2) is 4.79 Å². The van der Waals surface area contributed by atoms with Gasteiger partial charge in [-0.25, -0.2) is 9.78 Å². The lowest BCUT2D eigenvalue weighted by Gasteiger charge is -2.19. The van der Waals surface area contributed by atoms with Crippen LogP contribution < -0.4 is 10.9 Å². The predicted octanol–water partition coefficient (Wildman–Crippen LogP) is 2.77. The molecule has 0 aliphatic rings. The van der Waals surface area contributed by atoms with E-state index in [1.54, 1.807) is 27.7 Å². The Labute approximate surface area is 119 Å². The minimum atomic E-state index is -0.638. The summed E-state index contributed by atoms with van der Waals surface area (Å²) in [7, 11) is 0. The van der Waals surface area contributed by atoms with Crippen LogP contribution in [-0.2, 0) is 11.2 Å². The molecule has 0 aromatic carbocycles. The third kappa shape index (κ3) is 5.03. The maximum Gasteiger partial charge on any atom is 0.414 e. The van der Waals surface area contributed by atoms with Crippen LogP contribution in [0, 0.1) is 6.92 Å². The number of nitrogens with one attached hydrogen (secondary N) is 2. The second kappa shape index (κ2) is 6.54. The average Bonchev–Trinajstić information content (AvgIpc) is 2.25. The third-order valence-electron chi connectivity index (χ3n) is 2.62. The van der Waals surface area contributed by atoms with Gasteiger partial charge < -0.3 is 4.74 Å². The fraction of sp³-hybridized carbons (Fsp3) is 0.643. The number of carbonyl (C=O) groups is 1. The summed E-state index contributed by atoms with van der Waals surface area (Å²) in [5.74, 6) is 0.113. The summed E-state index contributed by atoms with van der Waals surface area (Å²) < 4.78 is 5.10. The lowest BCUT2D eigenvalue weighted by molar-refractivity contribution is 0.0634. The summed E-state index contributed by atoms with van der Waals surface area (Å²) in [6.45, 7) is 9.13. The molecule has 1 amide bonds. The molecule has 112 valence electrons. The summed E-state index contributed by atoms with van der Waals surface area (Å²) in [5.41, 5.74) is 0.493. The lowest BCUT2D eigenvalue weighted by atomic mass is 10.1. The van der Waals surface area contributed by atoms with E-state index in [9.17, 15) is 9.59 Å². The summed E-state index contributed by atoms with van der Waals surface area (Å²) in [5, 5.41) is 2.44. The lowest BCUT2D eigenvalue weighted by Crippen LogP contribution is -2.29. The topological polar surface area (TPSA) is 84.1 Å². The summed E-state index contributed by atoms with van der Waals surface area (Å²) in [6.07, 6.45) is 2.00. The standard InChI is InChI=1S/C14H23N3O3/c1-6-7-8-10-9(2)15-12(16-11(10)18)17-13(19)20-14(3,4)5/h6-8H2,1-5H3,(H2,15,16,17,18,19). The highest BCUT2D eigenvalue weighted by molar-refractivity contribution is 5.82. The third-order valence-corrected chi connectivity index (χ3v) is 2.62. The monoisotopic (exact) mass is 281 g/mol. The Morgan fingerprint density at radius 1 is 1.40 bits per heavy atom. The quantitative estimate of drug-likeness (QED) is 0.888. The van der Waals surface area contributed by atoms with Gasteiger partial charge in [-0.3, -0.25) is 15.1 Å². The second-order valence-electron chi connectivity index (χ2n) is 5.71. The van der Waals surface area contributed by atoms with Crippen LogP contribution in [0.5, 0.6) is 0 Å². The molecule has 1 aromatic rings. The Balaban J connectivity index is 2.84. The molecule has 1 heterocycles. The van der Waals surface area contributed by atoms with E-state index in [2.05, 4.69) is 22.2 Å². The predicted molar refractivity (Wildman–Crippen MR) is 78.1 cm³/mol. The number of hydrogen-bond donors (Lipinski definition) is 2. The number of rotatable bonds is 4. The minimum Gasteiger partial charge on any atom is -0.444 e. The van der Waals surface area contributed by atoms with Crippen molar-refractivity contribution in [2.24, 2.45) is 0 Å². The smallest absolute Gasteiger partial charge is 0.414 e. The number of ether oxygens (including phenoxy) is 1. The highest BCUT2D eigenvalue weighted by Crippen LogP contribution is 2.10. The zero-order valence-electron chi connectivity index (χ0n) is 12.8. The SMILES string of the molecule is CCCCc1c(C)nc(NC(=O)OC(C)(C)C)[nH]c1=O. The van der Waals surface area contributed by atoms with Crippen LogP contribution in [0.2, 0.25) is 0 Å². The summed E-state index contributed by atoms with van der Waals surface area (Å²) in [4.78, 5) is 30.3. The zero-order valence-corrected chi connectivity index (χ0v) is 12.8. The maximum atomic E-state index is 11.9. The average molecular weight is 281 g/mol. The molecule has 0 bridgehead atoms. The number of hydrogen-bond acceptors (Lipinski definition) is 4. The highest BCUT2D eigenvalue weighted by Gasteiger charge is 2.17. The molecule has 0 radical (unpaired) electrons. The van der Waals surface area contributed by atoms with Gasteiger partial charge >= 0.3 is 6.09 Å². The molecular weight excluding hydrogens is 258 g/mol. The van der Waals surface area contributed by atoms with Crippen LogP contribution in [0.3, 0.4) is 0 Å². The highest BCUT2D eigenvalue weighted by atomic mass is 16.6. The first kappa shape index (κ1) is 16.2. The fourth-order valence-electron chi connectivity index (χ4n) is 1.72. The van der Waals surface area contributed by atoms with Gasteiger partial charge in [0, 0.05) is 11.3 Å². The van der Waals surface area contributed by atoms with Gasteiger partial charge in [-0.15, -0.1) is 0 Å². The number of H-pyrrole nitrogens is 1. The van der Waals surface area contributed by atoms with Crippen molar-refractivity contribution in [3.63, 3.8) is 0 Å². The number of anilines is 1. The van der Waals surface area contributed by atoms with Crippen LogP contribution in [0.4, 0.5) is 10.7 Å². The van der Waals surface area contributed by atoms with Crippen LogP contribution >= 0.6 is 0 Å². The Kier molecular flexibility index (Phi) is 5.30. The molecule has 0 fully saturated rings. The molecule has 0 unspecified atom stereocenters. The van der Waals surface area contributed by atoms with Crippen molar-refractivity contribution in [3.8, 4) is 0 Å². The molecular formula is C14H23N3O3. The van der Waals surface area contributed by atoms with Gasteiger partial charge in [-0.1, -0.05) is 13.3 Å². The Hall–Kier alpha value is -1.85. The molecule has 0 aliphatic heterocycles. The van der Waals surface area contributed by atoms with E-state index >= 15 is 0 Å². The Morgan fingerprint density at radius 3 is 2.55 bits per heavy atom. The molecule has 20 heavy (non-hydrogen) atoms. The van der Waals surface area contributed by atoms with E-state index in [-0.39, 0.29) is 11.5 Å². The number of aromatic nitrogens is 2. The largest absolute Gasteiger partial charge is 0.444 e. The molecule has 6 heteroatoms. The van der Waals surface area contributed by atoms with Gasteiger partial charge in [-0.2, -0.15) is 0 Å².